The molecule has 1 saturated carbocycles. The molecule has 152 valence electrons. The highest BCUT2D eigenvalue weighted by molar-refractivity contribution is 5.86. The van der Waals surface area contributed by atoms with Crippen LogP contribution in [0.25, 0.3) is 10.9 Å². The molecule has 2 fully saturated rings. The predicted molar refractivity (Wildman–Crippen MR) is 103 cm³/mol. The third kappa shape index (κ3) is 4.08. The van der Waals surface area contributed by atoms with E-state index in [-0.39, 0.29) is 36.9 Å². The molecule has 2 aliphatic rings. The van der Waals surface area contributed by atoms with Gasteiger partial charge in [-0.1, -0.05) is 26.5 Å². The third-order valence-corrected chi connectivity index (χ3v) is 5.40. The van der Waals surface area contributed by atoms with E-state index in [2.05, 4.69) is 17.2 Å². The fourth-order valence-electron chi connectivity index (χ4n) is 4.02. The maximum atomic E-state index is 13.3. The van der Waals surface area contributed by atoms with E-state index in [0.29, 0.717) is 18.5 Å². The second kappa shape index (κ2) is 7.60. The molecular weight excluding hydrogens is 367 g/mol. The Morgan fingerprint density at radius 3 is 2.64 bits per heavy atom. The molecule has 1 N–H and O–H groups in total. The standard InChI is InChI=1S/C20H22F3N3O.CH4/c1-12-9-13(11-26(10-12)19(27)25-14-4-5-14)15-6-7-17(20(21,22)23)18-16(15)3-2-8-24-18;/h2-3,6-8,12-14H,4-5,9-11H2,1H3,(H,25,27);1H4/t12-,13-;/m1./s1. The molecule has 0 radical (unpaired) electrons. The first-order valence-electron chi connectivity index (χ1n) is 9.33. The lowest BCUT2D eigenvalue weighted by atomic mass is 9.83. The lowest BCUT2D eigenvalue weighted by molar-refractivity contribution is -0.136. The first-order chi connectivity index (χ1) is 12.8. The number of fused-ring (bicyclic) bond motifs is 1. The van der Waals surface area contributed by atoms with Crippen LogP contribution in [0.3, 0.4) is 0 Å². The van der Waals surface area contributed by atoms with E-state index in [9.17, 15) is 18.0 Å². The molecule has 2 amide bonds. The van der Waals surface area contributed by atoms with Crippen molar-refractivity contribution in [3.8, 4) is 0 Å². The Bertz CT molecular complexity index is 864. The zero-order valence-corrected chi connectivity index (χ0v) is 15.1. The van der Waals surface area contributed by atoms with Crippen LogP contribution in [0, 0.1) is 5.92 Å². The fourth-order valence-corrected chi connectivity index (χ4v) is 4.02. The van der Waals surface area contributed by atoms with Crippen LogP contribution >= 0.6 is 0 Å². The molecular formula is C21H26F3N3O. The number of alkyl halides is 3. The number of nitrogens with zero attached hydrogens (tertiary/aromatic N) is 2. The van der Waals surface area contributed by atoms with Gasteiger partial charge in [-0.3, -0.25) is 4.98 Å². The van der Waals surface area contributed by atoms with Gasteiger partial charge in [0, 0.05) is 36.6 Å². The Labute approximate surface area is 163 Å². The molecule has 2 atom stereocenters. The molecule has 0 spiro atoms. The highest BCUT2D eigenvalue weighted by atomic mass is 19.4. The number of hydrogen-bond donors (Lipinski definition) is 1. The van der Waals surface area contributed by atoms with Gasteiger partial charge in [-0.05, 0) is 42.9 Å². The van der Waals surface area contributed by atoms with Crippen LogP contribution < -0.4 is 5.32 Å². The summed E-state index contributed by atoms with van der Waals surface area (Å²) in [6.45, 7) is 3.26. The van der Waals surface area contributed by atoms with Gasteiger partial charge in [0.25, 0.3) is 0 Å². The highest BCUT2D eigenvalue weighted by Crippen LogP contribution is 2.39. The first-order valence-corrected chi connectivity index (χ1v) is 9.33. The number of pyridine rings is 1. The lowest BCUT2D eigenvalue weighted by Gasteiger charge is -2.37. The van der Waals surface area contributed by atoms with Gasteiger partial charge >= 0.3 is 12.2 Å². The quantitative estimate of drug-likeness (QED) is 0.763. The summed E-state index contributed by atoms with van der Waals surface area (Å²) < 4.78 is 40.0. The third-order valence-electron chi connectivity index (χ3n) is 5.40. The lowest BCUT2D eigenvalue weighted by Crippen LogP contribution is -2.48. The Balaban J connectivity index is 0.00000225. The van der Waals surface area contributed by atoms with Crippen molar-refractivity contribution in [3.63, 3.8) is 0 Å². The van der Waals surface area contributed by atoms with Gasteiger partial charge in [0.15, 0.2) is 0 Å². The molecule has 28 heavy (non-hydrogen) atoms. The number of rotatable bonds is 2. The zero-order chi connectivity index (χ0) is 19.2. The minimum absolute atomic E-state index is 0. The van der Waals surface area contributed by atoms with Gasteiger partial charge in [0.05, 0.1) is 11.1 Å². The number of amides is 2. The van der Waals surface area contributed by atoms with Gasteiger partial charge in [0.2, 0.25) is 0 Å². The molecule has 1 saturated heterocycles. The van der Waals surface area contributed by atoms with Crippen LogP contribution in [0.4, 0.5) is 18.0 Å². The molecule has 4 nitrogen and oxygen atoms in total. The van der Waals surface area contributed by atoms with Gasteiger partial charge in [-0.2, -0.15) is 13.2 Å². The SMILES string of the molecule is C.C[C@@H]1C[C@@H](c2ccc(C(F)(F)F)c3ncccc23)CN(C(=O)NC2CC2)C1. The maximum absolute atomic E-state index is 13.3. The van der Waals surface area contributed by atoms with Crippen molar-refractivity contribution in [2.24, 2.45) is 5.92 Å². The van der Waals surface area contributed by atoms with Crippen LogP contribution in [0.2, 0.25) is 0 Å². The molecule has 1 aromatic heterocycles. The molecule has 2 aromatic rings. The summed E-state index contributed by atoms with van der Waals surface area (Å²) in [5, 5.41) is 3.53. The number of halogens is 3. The van der Waals surface area contributed by atoms with Gasteiger partial charge in [0.1, 0.15) is 0 Å². The monoisotopic (exact) mass is 393 g/mol. The average molecular weight is 393 g/mol. The van der Waals surface area contributed by atoms with Crippen molar-refractivity contribution >= 4 is 16.9 Å². The van der Waals surface area contributed by atoms with Gasteiger partial charge in [-0.15, -0.1) is 0 Å². The Hall–Kier alpha value is -2.31. The number of urea groups is 1. The minimum atomic E-state index is -4.44. The molecule has 1 aliphatic carbocycles. The number of piperidine rings is 1. The van der Waals surface area contributed by atoms with E-state index in [0.717, 1.165) is 30.9 Å². The van der Waals surface area contributed by atoms with E-state index in [4.69, 9.17) is 0 Å². The number of aromatic nitrogens is 1. The van der Waals surface area contributed by atoms with Gasteiger partial charge in [-0.25, -0.2) is 4.79 Å². The van der Waals surface area contributed by atoms with Crippen LogP contribution in [0.5, 0.6) is 0 Å². The molecule has 0 unspecified atom stereocenters. The van der Waals surface area contributed by atoms with Crippen molar-refractivity contribution in [1.29, 1.82) is 0 Å². The normalized spacial score (nSPS) is 22.6. The topological polar surface area (TPSA) is 45.2 Å². The van der Waals surface area contributed by atoms with Gasteiger partial charge < -0.3 is 10.2 Å². The average Bonchev–Trinajstić information content (AvgIpc) is 3.43. The van der Waals surface area contributed by atoms with E-state index < -0.39 is 11.7 Å². The second-order valence-corrected chi connectivity index (χ2v) is 7.77. The molecule has 0 bridgehead atoms. The summed E-state index contributed by atoms with van der Waals surface area (Å²) >= 11 is 0. The maximum Gasteiger partial charge on any atom is 0.418 e. The van der Waals surface area contributed by atoms with Crippen LogP contribution in [-0.2, 0) is 6.18 Å². The Morgan fingerprint density at radius 1 is 1.21 bits per heavy atom. The predicted octanol–water partition coefficient (Wildman–Crippen LogP) is 5.19. The Kier molecular flexibility index (Phi) is 5.55. The smallest absolute Gasteiger partial charge is 0.335 e. The highest BCUT2D eigenvalue weighted by Gasteiger charge is 2.36. The van der Waals surface area contributed by atoms with E-state index in [1.54, 1.807) is 23.1 Å². The number of likely N-dealkylation sites (tertiary alicyclic amines) is 1. The molecule has 1 aromatic carbocycles. The van der Waals surface area contributed by atoms with E-state index in [1.165, 1.54) is 6.20 Å². The Morgan fingerprint density at radius 2 is 1.96 bits per heavy atom. The molecule has 4 rings (SSSR count). The fraction of sp³-hybridized carbons (Fsp3) is 0.524. The van der Waals surface area contributed by atoms with E-state index >= 15 is 0 Å². The molecule has 1 aliphatic heterocycles. The van der Waals surface area contributed by atoms with Crippen LogP contribution in [0.15, 0.2) is 30.5 Å². The number of hydrogen-bond acceptors (Lipinski definition) is 2. The summed E-state index contributed by atoms with van der Waals surface area (Å²) in [5.74, 6) is 0.274. The zero-order valence-electron chi connectivity index (χ0n) is 15.1. The summed E-state index contributed by atoms with van der Waals surface area (Å²) in [6, 6.07) is 6.26. The second-order valence-electron chi connectivity index (χ2n) is 7.77. The molecule has 2 heterocycles. The molecule has 7 heteroatoms. The van der Waals surface area contributed by atoms with Crippen molar-refractivity contribution in [2.45, 2.75) is 51.7 Å². The number of carbonyl (C=O) groups excluding carboxylic acids is 1. The number of nitrogens with one attached hydrogen (secondary N) is 1. The van der Waals surface area contributed by atoms with E-state index in [1.807, 2.05) is 0 Å². The summed E-state index contributed by atoms with van der Waals surface area (Å²) in [5.41, 5.74) is 0.102. The van der Waals surface area contributed by atoms with Crippen molar-refractivity contribution in [3.05, 3.63) is 41.6 Å². The van der Waals surface area contributed by atoms with Crippen LogP contribution in [-0.4, -0.2) is 35.0 Å². The summed E-state index contributed by atoms with van der Waals surface area (Å²) in [7, 11) is 0. The minimum Gasteiger partial charge on any atom is -0.335 e. The number of benzene rings is 1. The van der Waals surface area contributed by atoms with Crippen molar-refractivity contribution < 1.29 is 18.0 Å². The first kappa shape index (κ1) is 20.4. The summed E-state index contributed by atoms with van der Waals surface area (Å²) in [4.78, 5) is 18.3. The van der Waals surface area contributed by atoms with Crippen molar-refractivity contribution in [2.75, 3.05) is 13.1 Å². The largest absolute Gasteiger partial charge is 0.418 e. The summed E-state index contributed by atoms with van der Waals surface area (Å²) in [6.07, 6.45) is -0.175. The number of carbonyl (C=O) groups is 1. The van der Waals surface area contributed by atoms with Crippen molar-refractivity contribution in [1.82, 2.24) is 15.2 Å². The van der Waals surface area contributed by atoms with Crippen LogP contribution in [0.1, 0.15) is 50.7 Å².